The molecule has 0 saturated heterocycles. The minimum absolute atomic E-state index is 0.0417. The van der Waals surface area contributed by atoms with E-state index in [4.69, 9.17) is 0 Å². The van der Waals surface area contributed by atoms with Gasteiger partial charge in [0, 0.05) is 6.04 Å². The van der Waals surface area contributed by atoms with Gasteiger partial charge in [-0.2, -0.15) is 26.3 Å². The number of rotatable bonds is 5. The maximum Gasteiger partial charge on any atom is 0.401 e. The molecule has 20 heavy (non-hydrogen) atoms. The Kier molecular flexibility index (Phi) is 6.16. The molecule has 0 aromatic carbocycles. The summed E-state index contributed by atoms with van der Waals surface area (Å²) in [4.78, 5) is 0. The Balaban J connectivity index is 2.84. The molecule has 1 atom stereocenters. The molecule has 1 aliphatic carbocycles. The van der Waals surface area contributed by atoms with Crippen LogP contribution in [0.25, 0.3) is 0 Å². The molecular formula is C13H21F6N. The molecule has 0 bridgehead atoms. The van der Waals surface area contributed by atoms with E-state index in [1.54, 1.807) is 0 Å². The van der Waals surface area contributed by atoms with E-state index in [2.05, 4.69) is 5.32 Å². The van der Waals surface area contributed by atoms with Crippen molar-refractivity contribution in [3.8, 4) is 0 Å². The summed E-state index contributed by atoms with van der Waals surface area (Å²) in [6, 6.07) is -1.58. The van der Waals surface area contributed by atoms with Gasteiger partial charge in [-0.25, -0.2) is 0 Å². The average Bonchev–Trinajstić information content (AvgIpc) is 2.26. The number of nitrogens with one attached hydrogen (secondary N) is 1. The fourth-order valence-electron chi connectivity index (χ4n) is 3.02. The van der Waals surface area contributed by atoms with Gasteiger partial charge < -0.3 is 5.32 Å². The van der Waals surface area contributed by atoms with Crippen LogP contribution in [0.4, 0.5) is 26.3 Å². The van der Waals surface area contributed by atoms with Gasteiger partial charge in [0.2, 0.25) is 0 Å². The average molecular weight is 305 g/mol. The van der Waals surface area contributed by atoms with Crippen molar-refractivity contribution in [1.82, 2.24) is 5.32 Å². The highest BCUT2D eigenvalue weighted by atomic mass is 19.4. The first-order chi connectivity index (χ1) is 9.16. The minimum atomic E-state index is -5.26. The second-order valence-electron chi connectivity index (χ2n) is 5.46. The van der Waals surface area contributed by atoms with E-state index in [0.717, 1.165) is 32.1 Å². The Bertz CT molecular complexity index is 266. The van der Waals surface area contributed by atoms with E-state index in [0.29, 0.717) is 0 Å². The summed E-state index contributed by atoms with van der Waals surface area (Å²) in [5, 5.41) is 2.40. The Labute approximate surface area is 115 Å². The first kappa shape index (κ1) is 17.6. The van der Waals surface area contributed by atoms with Gasteiger partial charge in [0.15, 0.2) is 5.92 Å². The lowest BCUT2D eigenvalue weighted by Gasteiger charge is -2.34. The molecule has 1 N–H and O–H groups in total. The molecule has 0 spiro atoms. The van der Waals surface area contributed by atoms with Crippen molar-refractivity contribution in [2.24, 2.45) is 11.8 Å². The molecule has 1 unspecified atom stereocenters. The predicted octanol–water partition coefficient (Wildman–Crippen LogP) is 4.68. The normalized spacial score (nSPS) is 20.4. The fourth-order valence-corrected chi connectivity index (χ4v) is 3.02. The van der Waals surface area contributed by atoms with Crippen LogP contribution >= 0.6 is 0 Å². The van der Waals surface area contributed by atoms with E-state index >= 15 is 0 Å². The van der Waals surface area contributed by atoms with Gasteiger partial charge >= 0.3 is 12.4 Å². The Morgan fingerprint density at radius 3 is 1.85 bits per heavy atom. The number of alkyl halides is 6. The standard InChI is InChI=1S/C13H21F6N/c1-2-20-10(8-9-6-4-3-5-7-9)11(12(14,15)16)13(17,18)19/h9-11,20H,2-8H2,1H3. The summed E-state index contributed by atoms with van der Waals surface area (Å²) in [6.45, 7) is 1.62. The zero-order valence-electron chi connectivity index (χ0n) is 11.4. The van der Waals surface area contributed by atoms with Crippen LogP contribution in [0.5, 0.6) is 0 Å². The second kappa shape index (κ2) is 7.00. The molecule has 120 valence electrons. The van der Waals surface area contributed by atoms with E-state index in [-0.39, 0.29) is 18.9 Å². The SMILES string of the molecule is CCNC(CC1CCCCC1)C(C(F)(F)F)C(F)(F)F. The molecule has 0 aromatic rings. The number of hydrogen-bond acceptors (Lipinski definition) is 1. The fraction of sp³-hybridized carbons (Fsp3) is 1.00. The largest absolute Gasteiger partial charge is 0.401 e. The summed E-state index contributed by atoms with van der Waals surface area (Å²) < 4.78 is 76.7. The van der Waals surface area contributed by atoms with Crippen molar-refractivity contribution >= 4 is 0 Å². The number of hydrogen-bond donors (Lipinski definition) is 1. The summed E-state index contributed by atoms with van der Waals surface area (Å²) in [6.07, 6.45) is -6.32. The van der Waals surface area contributed by atoms with E-state index < -0.39 is 24.3 Å². The Morgan fingerprint density at radius 1 is 0.950 bits per heavy atom. The zero-order valence-corrected chi connectivity index (χ0v) is 11.4. The van der Waals surface area contributed by atoms with Gasteiger partial charge in [-0.3, -0.25) is 0 Å². The van der Waals surface area contributed by atoms with Gasteiger partial charge in [0.05, 0.1) is 0 Å². The van der Waals surface area contributed by atoms with Crippen molar-refractivity contribution in [2.75, 3.05) is 6.54 Å². The van der Waals surface area contributed by atoms with Crippen LogP contribution in [-0.2, 0) is 0 Å². The van der Waals surface area contributed by atoms with Crippen molar-refractivity contribution in [2.45, 2.75) is 63.8 Å². The molecule has 0 amide bonds. The lowest BCUT2D eigenvalue weighted by Crippen LogP contribution is -2.51. The highest BCUT2D eigenvalue weighted by molar-refractivity contribution is 4.89. The molecule has 1 nitrogen and oxygen atoms in total. The van der Waals surface area contributed by atoms with Crippen molar-refractivity contribution in [3.63, 3.8) is 0 Å². The molecule has 1 saturated carbocycles. The molecule has 0 aromatic heterocycles. The first-order valence-corrected chi connectivity index (χ1v) is 7.03. The van der Waals surface area contributed by atoms with Crippen molar-refractivity contribution in [3.05, 3.63) is 0 Å². The number of halogens is 6. The Morgan fingerprint density at radius 2 is 1.45 bits per heavy atom. The Hall–Kier alpha value is -0.460. The molecule has 0 heterocycles. The summed E-state index contributed by atoms with van der Waals surface area (Å²) in [5.41, 5.74) is 0. The van der Waals surface area contributed by atoms with Gasteiger partial charge in [0.1, 0.15) is 0 Å². The molecule has 7 heteroatoms. The maximum absolute atomic E-state index is 12.8. The summed E-state index contributed by atoms with van der Waals surface area (Å²) in [7, 11) is 0. The minimum Gasteiger partial charge on any atom is -0.313 e. The van der Waals surface area contributed by atoms with E-state index in [9.17, 15) is 26.3 Å². The molecule has 0 radical (unpaired) electrons. The third-order valence-electron chi connectivity index (χ3n) is 3.89. The molecule has 1 aliphatic rings. The monoisotopic (exact) mass is 305 g/mol. The first-order valence-electron chi connectivity index (χ1n) is 7.03. The van der Waals surface area contributed by atoms with Gasteiger partial charge in [-0.15, -0.1) is 0 Å². The van der Waals surface area contributed by atoms with E-state index in [1.807, 2.05) is 0 Å². The topological polar surface area (TPSA) is 12.0 Å². The molecule has 1 rings (SSSR count). The van der Waals surface area contributed by atoms with Crippen LogP contribution in [0, 0.1) is 11.8 Å². The van der Waals surface area contributed by atoms with Gasteiger partial charge in [-0.1, -0.05) is 39.0 Å². The highest BCUT2D eigenvalue weighted by Gasteiger charge is 2.60. The third kappa shape index (κ3) is 5.14. The second-order valence-corrected chi connectivity index (χ2v) is 5.46. The van der Waals surface area contributed by atoms with Crippen LogP contribution in [-0.4, -0.2) is 24.9 Å². The van der Waals surface area contributed by atoms with Crippen LogP contribution in [0.3, 0.4) is 0 Å². The van der Waals surface area contributed by atoms with Gasteiger partial charge in [0.25, 0.3) is 0 Å². The summed E-state index contributed by atoms with van der Waals surface area (Å²) >= 11 is 0. The molecule has 0 aliphatic heterocycles. The van der Waals surface area contributed by atoms with E-state index in [1.165, 1.54) is 6.92 Å². The maximum atomic E-state index is 12.8. The molecule has 1 fully saturated rings. The lowest BCUT2D eigenvalue weighted by atomic mass is 9.81. The van der Waals surface area contributed by atoms with Crippen LogP contribution < -0.4 is 5.32 Å². The smallest absolute Gasteiger partial charge is 0.313 e. The third-order valence-corrected chi connectivity index (χ3v) is 3.89. The van der Waals surface area contributed by atoms with Crippen molar-refractivity contribution in [1.29, 1.82) is 0 Å². The predicted molar refractivity (Wildman–Crippen MR) is 64.3 cm³/mol. The quantitative estimate of drug-likeness (QED) is 0.727. The van der Waals surface area contributed by atoms with Crippen LogP contribution in [0.1, 0.15) is 45.4 Å². The zero-order chi connectivity index (χ0) is 15.4. The van der Waals surface area contributed by atoms with Crippen LogP contribution in [0.2, 0.25) is 0 Å². The van der Waals surface area contributed by atoms with Crippen molar-refractivity contribution < 1.29 is 26.3 Å². The molecular weight excluding hydrogens is 284 g/mol. The lowest BCUT2D eigenvalue weighted by molar-refractivity contribution is -0.292. The highest BCUT2D eigenvalue weighted by Crippen LogP contribution is 2.43. The van der Waals surface area contributed by atoms with Crippen LogP contribution in [0.15, 0.2) is 0 Å². The van der Waals surface area contributed by atoms with Gasteiger partial charge in [-0.05, 0) is 18.9 Å². The summed E-state index contributed by atoms with van der Waals surface area (Å²) in [5.74, 6) is -3.32.